The van der Waals surface area contributed by atoms with E-state index in [0.717, 1.165) is 94.7 Å². The molecule has 0 fully saturated rings. The zero-order valence-electron chi connectivity index (χ0n) is 37.2. The van der Waals surface area contributed by atoms with Crippen molar-refractivity contribution in [2.24, 2.45) is 0 Å². The second kappa shape index (κ2) is 15.3. The van der Waals surface area contributed by atoms with Crippen LogP contribution < -0.4 is 9.80 Å². The first-order valence-corrected chi connectivity index (χ1v) is 23.0. The lowest BCUT2D eigenvalue weighted by atomic mass is 9.82. The third-order valence-corrected chi connectivity index (χ3v) is 13.8. The Labute approximate surface area is 389 Å². The highest BCUT2D eigenvalue weighted by atomic mass is 16.3. The maximum Gasteiger partial charge on any atom is 0.135 e. The molecule has 0 unspecified atom stereocenters. The van der Waals surface area contributed by atoms with Gasteiger partial charge in [-0.1, -0.05) is 147 Å². The maximum absolute atomic E-state index is 6.36. The van der Waals surface area contributed by atoms with E-state index in [1.54, 1.807) is 0 Å². The van der Waals surface area contributed by atoms with E-state index in [1.807, 2.05) is 24.3 Å². The molecule has 13 rings (SSSR count). The maximum atomic E-state index is 6.36. The summed E-state index contributed by atoms with van der Waals surface area (Å²) in [5.74, 6) is 0. The van der Waals surface area contributed by atoms with E-state index in [-0.39, 0.29) is 5.41 Å². The topological polar surface area (TPSA) is 32.8 Å². The van der Waals surface area contributed by atoms with Crippen molar-refractivity contribution in [2.45, 2.75) is 19.3 Å². The number of para-hydroxylation sites is 3. The van der Waals surface area contributed by atoms with Crippen molar-refractivity contribution < 1.29 is 8.83 Å². The molecule has 0 aliphatic heterocycles. The zero-order chi connectivity index (χ0) is 44.6. The smallest absolute Gasteiger partial charge is 0.135 e. The molecule has 4 heteroatoms. The van der Waals surface area contributed by atoms with Gasteiger partial charge in [0, 0.05) is 61.1 Å². The molecule has 12 aromatic rings. The first-order chi connectivity index (χ1) is 32.9. The molecule has 0 saturated heterocycles. The second-order valence-electron chi connectivity index (χ2n) is 18.1. The highest BCUT2D eigenvalue weighted by Gasteiger charge is 2.35. The summed E-state index contributed by atoms with van der Waals surface area (Å²) < 4.78 is 12.7. The molecular formula is C63H44N2O2. The zero-order valence-corrected chi connectivity index (χ0v) is 37.2. The van der Waals surface area contributed by atoms with Crippen LogP contribution in [0.25, 0.3) is 77.3 Å². The summed E-state index contributed by atoms with van der Waals surface area (Å²) in [5, 5.41) is 4.35. The van der Waals surface area contributed by atoms with Gasteiger partial charge in [0.1, 0.15) is 22.3 Å². The highest BCUT2D eigenvalue weighted by molar-refractivity contribution is 6.08. The summed E-state index contributed by atoms with van der Waals surface area (Å²) in [7, 11) is 0. The van der Waals surface area contributed by atoms with Gasteiger partial charge < -0.3 is 18.6 Å². The Morgan fingerprint density at radius 3 is 1.52 bits per heavy atom. The molecule has 1 aliphatic carbocycles. The van der Waals surface area contributed by atoms with Crippen LogP contribution in [0.15, 0.2) is 239 Å². The monoisotopic (exact) mass is 860 g/mol. The van der Waals surface area contributed by atoms with E-state index in [0.29, 0.717) is 0 Å². The summed E-state index contributed by atoms with van der Waals surface area (Å²) >= 11 is 0. The molecule has 318 valence electrons. The van der Waals surface area contributed by atoms with Gasteiger partial charge in [0.05, 0.1) is 0 Å². The molecule has 0 spiro atoms. The van der Waals surface area contributed by atoms with Gasteiger partial charge >= 0.3 is 0 Å². The Kier molecular flexibility index (Phi) is 8.84. The van der Waals surface area contributed by atoms with E-state index in [1.165, 1.54) is 27.8 Å². The molecule has 67 heavy (non-hydrogen) atoms. The summed E-state index contributed by atoms with van der Waals surface area (Å²) in [6.07, 6.45) is 0. The Morgan fingerprint density at radius 2 is 0.776 bits per heavy atom. The molecule has 0 saturated carbocycles. The summed E-state index contributed by atoms with van der Waals surface area (Å²) in [6, 6.07) is 83.0. The van der Waals surface area contributed by atoms with Crippen molar-refractivity contribution in [1.82, 2.24) is 0 Å². The average Bonchev–Trinajstić information content (AvgIpc) is 4.02. The SMILES string of the molecule is CC1(C)c2ccccc2-c2cc(N(c3cccc(-c4ccccc4)c3)c3cc(-c4ccc5oc6ccccc6c5c4)cc(N(c4ccccc4)c4ccc5oc6ccccc6c5c4)c3)ccc21. The van der Waals surface area contributed by atoms with Crippen LogP contribution in [0.3, 0.4) is 0 Å². The molecule has 2 heterocycles. The van der Waals surface area contributed by atoms with Crippen LogP contribution in [0, 0.1) is 0 Å². The molecule has 0 N–H and O–H groups in total. The summed E-state index contributed by atoms with van der Waals surface area (Å²) in [5.41, 5.74) is 19.3. The van der Waals surface area contributed by atoms with Crippen molar-refractivity contribution in [3.63, 3.8) is 0 Å². The van der Waals surface area contributed by atoms with Crippen molar-refractivity contribution in [3.8, 4) is 33.4 Å². The average molecular weight is 861 g/mol. The number of anilines is 6. The number of hydrogen-bond donors (Lipinski definition) is 0. The predicted octanol–water partition coefficient (Wildman–Crippen LogP) is 18.1. The number of nitrogens with zero attached hydrogens (tertiary/aromatic N) is 2. The molecule has 0 bridgehead atoms. The fourth-order valence-corrected chi connectivity index (χ4v) is 10.6. The fourth-order valence-electron chi connectivity index (χ4n) is 10.6. The minimum Gasteiger partial charge on any atom is -0.456 e. The fraction of sp³-hybridized carbons (Fsp3) is 0.0476. The Morgan fingerprint density at radius 1 is 0.284 bits per heavy atom. The van der Waals surface area contributed by atoms with Gasteiger partial charge in [0.15, 0.2) is 0 Å². The van der Waals surface area contributed by atoms with Gasteiger partial charge in [-0.15, -0.1) is 0 Å². The summed E-state index contributed by atoms with van der Waals surface area (Å²) in [6.45, 7) is 4.69. The normalized spacial score (nSPS) is 12.7. The Bertz CT molecular complexity index is 3860. The third kappa shape index (κ3) is 6.44. The third-order valence-electron chi connectivity index (χ3n) is 13.8. The minimum atomic E-state index is -0.122. The van der Waals surface area contributed by atoms with Gasteiger partial charge in [-0.05, 0) is 142 Å². The van der Waals surface area contributed by atoms with E-state index < -0.39 is 0 Å². The number of furan rings is 2. The van der Waals surface area contributed by atoms with Crippen LogP contribution in [0.1, 0.15) is 25.0 Å². The molecular weight excluding hydrogens is 817 g/mol. The van der Waals surface area contributed by atoms with Gasteiger partial charge in [-0.2, -0.15) is 0 Å². The van der Waals surface area contributed by atoms with Crippen molar-refractivity contribution in [2.75, 3.05) is 9.80 Å². The van der Waals surface area contributed by atoms with Crippen LogP contribution >= 0.6 is 0 Å². The number of benzene rings is 10. The highest BCUT2D eigenvalue weighted by Crippen LogP contribution is 2.52. The van der Waals surface area contributed by atoms with Crippen LogP contribution in [-0.2, 0) is 5.41 Å². The number of rotatable bonds is 8. The molecule has 0 radical (unpaired) electrons. The van der Waals surface area contributed by atoms with Crippen molar-refractivity contribution in [3.05, 3.63) is 242 Å². The molecule has 1 aliphatic rings. The minimum absolute atomic E-state index is 0.122. The number of fused-ring (bicyclic) bond motifs is 9. The first-order valence-electron chi connectivity index (χ1n) is 23.0. The standard InChI is InChI=1S/C63H44N2O2/c1-63(2)57-25-12-9-22-51(57)54-39-47(29-31-58(54)63)65(46-21-15-18-42(34-46)41-16-5-3-6-17-41)50-36-44(43-28-32-61-55(37-43)52-23-10-13-26-59(52)66-61)35-49(38-50)64(45-19-7-4-8-20-45)48-30-33-62-56(40-48)53-24-11-14-27-60(53)67-62/h3-40H,1-2H3. The lowest BCUT2D eigenvalue weighted by Gasteiger charge is -2.31. The van der Waals surface area contributed by atoms with E-state index in [2.05, 4.69) is 230 Å². The van der Waals surface area contributed by atoms with Crippen LogP contribution in [0.4, 0.5) is 34.1 Å². The van der Waals surface area contributed by atoms with Crippen LogP contribution in [0.2, 0.25) is 0 Å². The molecule has 0 atom stereocenters. The Hall–Kier alpha value is -8.60. The lowest BCUT2D eigenvalue weighted by Crippen LogP contribution is -2.16. The molecule has 10 aromatic carbocycles. The van der Waals surface area contributed by atoms with Crippen molar-refractivity contribution in [1.29, 1.82) is 0 Å². The largest absolute Gasteiger partial charge is 0.456 e. The van der Waals surface area contributed by atoms with E-state index in [9.17, 15) is 0 Å². The predicted molar refractivity (Wildman–Crippen MR) is 279 cm³/mol. The van der Waals surface area contributed by atoms with Gasteiger partial charge in [0.25, 0.3) is 0 Å². The molecule has 0 amide bonds. The lowest BCUT2D eigenvalue weighted by molar-refractivity contribution is 0.660. The molecule has 4 nitrogen and oxygen atoms in total. The van der Waals surface area contributed by atoms with Gasteiger partial charge in [-0.3, -0.25) is 0 Å². The first kappa shape index (κ1) is 38.8. The van der Waals surface area contributed by atoms with Crippen molar-refractivity contribution >= 4 is 78.0 Å². The summed E-state index contributed by atoms with van der Waals surface area (Å²) in [4.78, 5) is 4.81. The quantitative estimate of drug-likeness (QED) is 0.152. The van der Waals surface area contributed by atoms with Crippen LogP contribution in [0.5, 0.6) is 0 Å². The number of hydrogen-bond acceptors (Lipinski definition) is 4. The van der Waals surface area contributed by atoms with Gasteiger partial charge in [-0.25, -0.2) is 0 Å². The van der Waals surface area contributed by atoms with E-state index in [4.69, 9.17) is 8.83 Å². The Balaban J connectivity index is 1.09. The second-order valence-corrected chi connectivity index (χ2v) is 18.1. The van der Waals surface area contributed by atoms with Crippen LogP contribution in [-0.4, -0.2) is 0 Å². The van der Waals surface area contributed by atoms with E-state index >= 15 is 0 Å². The molecule has 2 aromatic heterocycles. The van der Waals surface area contributed by atoms with Gasteiger partial charge in [0.2, 0.25) is 0 Å².